The van der Waals surface area contributed by atoms with Gasteiger partial charge in [-0.05, 0) is 47.2 Å². The SMILES string of the molecule is c1ccc(-c2nc(-c3ccc4sc5c6ccccc6nc(-c6cccc7ccccc67)c5c4c3)cc(-c3cccc4c3oc3ccccc34)n2)cc1. The molecule has 52 heavy (non-hydrogen) atoms. The molecule has 5 heteroatoms. The van der Waals surface area contributed by atoms with E-state index in [4.69, 9.17) is 19.4 Å². The van der Waals surface area contributed by atoms with E-state index in [1.54, 1.807) is 0 Å². The number of fused-ring (bicyclic) bond motifs is 9. The maximum absolute atomic E-state index is 6.48. The highest BCUT2D eigenvalue weighted by Gasteiger charge is 2.20. The molecule has 0 amide bonds. The molecule has 4 nitrogen and oxygen atoms in total. The molecule has 0 N–H and O–H groups in total. The molecule has 0 aliphatic carbocycles. The molecule has 4 heterocycles. The molecule has 0 atom stereocenters. The zero-order chi connectivity index (χ0) is 34.2. The van der Waals surface area contributed by atoms with Crippen LogP contribution < -0.4 is 0 Å². The van der Waals surface area contributed by atoms with Crippen molar-refractivity contribution >= 4 is 75.1 Å². The van der Waals surface area contributed by atoms with Crippen molar-refractivity contribution in [3.05, 3.63) is 164 Å². The molecule has 0 bridgehead atoms. The van der Waals surface area contributed by atoms with Gasteiger partial charge >= 0.3 is 0 Å². The molecule has 0 unspecified atom stereocenters. The van der Waals surface area contributed by atoms with Crippen molar-refractivity contribution in [3.8, 4) is 45.2 Å². The smallest absolute Gasteiger partial charge is 0.160 e. The summed E-state index contributed by atoms with van der Waals surface area (Å²) in [6, 6.07) is 57.1. The Labute approximate surface area is 302 Å². The van der Waals surface area contributed by atoms with Crippen molar-refractivity contribution in [3.63, 3.8) is 0 Å². The molecule has 0 saturated heterocycles. The van der Waals surface area contributed by atoms with E-state index in [0.717, 1.165) is 66.8 Å². The molecule has 0 radical (unpaired) electrons. The molecule has 4 aromatic heterocycles. The molecule has 242 valence electrons. The summed E-state index contributed by atoms with van der Waals surface area (Å²) in [6.45, 7) is 0. The second-order valence-corrected chi connectivity index (χ2v) is 14.2. The van der Waals surface area contributed by atoms with Gasteiger partial charge in [0.05, 0.1) is 22.6 Å². The van der Waals surface area contributed by atoms with Crippen LogP contribution in [-0.2, 0) is 0 Å². The summed E-state index contributed by atoms with van der Waals surface area (Å²) in [5.41, 5.74) is 9.38. The maximum Gasteiger partial charge on any atom is 0.160 e. The van der Waals surface area contributed by atoms with E-state index in [-0.39, 0.29) is 0 Å². The van der Waals surface area contributed by atoms with Crippen LogP contribution in [0.25, 0.3) is 109 Å². The van der Waals surface area contributed by atoms with Gasteiger partial charge in [-0.1, -0.05) is 127 Å². The zero-order valence-electron chi connectivity index (χ0n) is 27.7. The lowest BCUT2D eigenvalue weighted by Gasteiger charge is -2.11. The third-order valence-corrected chi connectivity index (χ3v) is 11.3. The Bertz CT molecular complexity index is 3190. The van der Waals surface area contributed by atoms with Crippen LogP contribution in [0, 0.1) is 0 Å². The number of aromatic nitrogens is 3. The Morgan fingerprint density at radius 1 is 0.462 bits per heavy atom. The van der Waals surface area contributed by atoms with Crippen molar-refractivity contribution < 1.29 is 4.42 Å². The molecular formula is C47H27N3OS. The summed E-state index contributed by atoms with van der Waals surface area (Å²) in [6.07, 6.45) is 0. The first-order chi connectivity index (χ1) is 25.8. The van der Waals surface area contributed by atoms with Gasteiger partial charge in [-0.3, -0.25) is 0 Å². The van der Waals surface area contributed by atoms with Crippen molar-refractivity contribution in [1.82, 2.24) is 15.0 Å². The first-order valence-electron chi connectivity index (χ1n) is 17.4. The van der Waals surface area contributed by atoms with Crippen molar-refractivity contribution in [2.75, 3.05) is 0 Å². The molecule has 11 rings (SSSR count). The Balaban J connectivity index is 1.18. The summed E-state index contributed by atoms with van der Waals surface area (Å²) >= 11 is 1.83. The van der Waals surface area contributed by atoms with Gasteiger partial charge in [-0.2, -0.15) is 0 Å². The zero-order valence-corrected chi connectivity index (χ0v) is 28.6. The van der Waals surface area contributed by atoms with Crippen molar-refractivity contribution in [1.29, 1.82) is 0 Å². The molecule has 0 aliphatic heterocycles. The first kappa shape index (κ1) is 29.1. The normalized spacial score (nSPS) is 11.8. The van der Waals surface area contributed by atoms with Crippen LogP contribution in [0.2, 0.25) is 0 Å². The summed E-state index contributed by atoms with van der Waals surface area (Å²) in [7, 11) is 0. The number of thiophene rings is 1. The summed E-state index contributed by atoms with van der Waals surface area (Å²) in [5.74, 6) is 0.667. The number of pyridine rings is 1. The lowest BCUT2D eigenvalue weighted by molar-refractivity contribution is 0.670. The summed E-state index contributed by atoms with van der Waals surface area (Å²) in [5, 5.41) is 8.05. The summed E-state index contributed by atoms with van der Waals surface area (Å²) in [4.78, 5) is 15.7. The maximum atomic E-state index is 6.48. The van der Waals surface area contributed by atoms with Gasteiger partial charge in [0.15, 0.2) is 5.82 Å². The van der Waals surface area contributed by atoms with E-state index in [1.165, 1.54) is 36.3 Å². The Morgan fingerprint density at radius 3 is 2.10 bits per heavy atom. The van der Waals surface area contributed by atoms with Crippen LogP contribution in [0.4, 0.5) is 0 Å². The molecule has 0 fully saturated rings. The average Bonchev–Trinajstić information content (AvgIpc) is 3.79. The largest absolute Gasteiger partial charge is 0.455 e. The van der Waals surface area contributed by atoms with Gasteiger partial charge in [0.1, 0.15) is 11.2 Å². The van der Waals surface area contributed by atoms with Crippen LogP contribution in [0.5, 0.6) is 0 Å². The molecule has 7 aromatic carbocycles. The fourth-order valence-electron chi connectivity index (χ4n) is 7.65. The van der Waals surface area contributed by atoms with Gasteiger partial charge in [-0.25, -0.2) is 15.0 Å². The number of benzene rings is 7. The minimum Gasteiger partial charge on any atom is -0.455 e. The Hall–Kier alpha value is -6.69. The van der Waals surface area contributed by atoms with Crippen LogP contribution in [0.3, 0.4) is 0 Å². The van der Waals surface area contributed by atoms with Gasteiger partial charge in [0, 0.05) is 58.6 Å². The van der Waals surface area contributed by atoms with Crippen LogP contribution in [-0.4, -0.2) is 15.0 Å². The van der Waals surface area contributed by atoms with Crippen LogP contribution in [0.15, 0.2) is 168 Å². The third kappa shape index (κ3) is 4.50. The monoisotopic (exact) mass is 681 g/mol. The van der Waals surface area contributed by atoms with Crippen molar-refractivity contribution in [2.24, 2.45) is 0 Å². The second kappa shape index (κ2) is 11.4. The predicted octanol–water partition coefficient (Wildman–Crippen LogP) is 13.1. The van der Waals surface area contributed by atoms with Crippen LogP contribution in [0.1, 0.15) is 0 Å². The van der Waals surface area contributed by atoms with Crippen LogP contribution >= 0.6 is 11.3 Å². The van der Waals surface area contributed by atoms with E-state index in [2.05, 4.69) is 133 Å². The fourth-order valence-corrected chi connectivity index (χ4v) is 8.86. The van der Waals surface area contributed by atoms with Gasteiger partial charge in [-0.15, -0.1) is 11.3 Å². The second-order valence-electron chi connectivity index (χ2n) is 13.1. The standard InChI is InChI=1S/C47H27N3OS/c1-2-13-29(14-3-1)47-49-39(27-40(50-47)35-21-11-20-34-32-17-7-9-23-41(32)51-45(34)35)30-24-25-42-37(26-30)43-44(33-19-10-15-28-12-4-5-16-31(28)33)48-38-22-8-6-18-36(38)46(43)52-42/h1-27H. The number of rotatable bonds is 4. The quantitative estimate of drug-likeness (QED) is 0.185. The highest BCUT2D eigenvalue weighted by atomic mass is 32.1. The van der Waals surface area contributed by atoms with Gasteiger partial charge in [0.25, 0.3) is 0 Å². The highest BCUT2D eigenvalue weighted by molar-refractivity contribution is 7.26. The van der Waals surface area contributed by atoms with E-state index in [0.29, 0.717) is 5.82 Å². The number of hydrogen-bond acceptors (Lipinski definition) is 5. The van der Waals surface area contributed by atoms with E-state index < -0.39 is 0 Å². The lowest BCUT2D eigenvalue weighted by atomic mass is 9.97. The highest BCUT2D eigenvalue weighted by Crippen LogP contribution is 2.45. The van der Waals surface area contributed by atoms with E-state index >= 15 is 0 Å². The fraction of sp³-hybridized carbons (Fsp3) is 0. The third-order valence-electron chi connectivity index (χ3n) is 10.1. The lowest BCUT2D eigenvalue weighted by Crippen LogP contribution is -1.96. The summed E-state index contributed by atoms with van der Waals surface area (Å²) < 4.78 is 8.93. The molecule has 11 aromatic rings. The molecule has 0 spiro atoms. The molecule has 0 aliphatic rings. The van der Waals surface area contributed by atoms with Gasteiger partial charge < -0.3 is 4.42 Å². The average molecular weight is 682 g/mol. The van der Waals surface area contributed by atoms with E-state index in [1.807, 2.05) is 41.7 Å². The molecule has 0 saturated carbocycles. The Kier molecular flexibility index (Phi) is 6.39. The van der Waals surface area contributed by atoms with Crippen molar-refractivity contribution in [2.45, 2.75) is 0 Å². The number of para-hydroxylation sites is 3. The van der Waals surface area contributed by atoms with Gasteiger partial charge in [0.2, 0.25) is 0 Å². The number of furan rings is 1. The minimum atomic E-state index is 0.667. The predicted molar refractivity (Wildman–Crippen MR) is 217 cm³/mol. The first-order valence-corrected chi connectivity index (χ1v) is 18.2. The number of nitrogens with zero attached hydrogens (tertiary/aromatic N) is 3. The topological polar surface area (TPSA) is 51.8 Å². The minimum absolute atomic E-state index is 0.667. The number of hydrogen-bond donors (Lipinski definition) is 0. The van der Waals surface area contributed by atoms with E-state index in [9.17, 15) is 0 Å². The molecular weight excluding hydrogens is 655 g/mol. The Morgan fingerprint density at radius 2 is 1.17 bits per heavy atom.